The van der Waals surface area contributed by atoms with Gasteiger partial charge in [0, 0.05) is 22.8 Å². The summed E-state index contributed by atoms with van der Waals surface area (Å²) < 4.78 is 2.84. The molecule has 2 aromatic heterocycles. The van der Waals surface area contributed by atoms with Crippen LogP contribution >= 0.6 is 27.3 Å². The fraction of sp³-hybridized carbons (Fsp3) is 0.417. The van der Waals surface area contributed by atoms with Crippen LogP contribution in [0.1, 0.15) is 29.3 Å². The molecule has 0 spiro atoms. The van der Waals surface area contributed by atoms with Crippen molar-refractivity contribution in [2.75, 3.05) is 0 Å². The highest BCUT2D eigenvalue weighted by Gasteiger charge is 2.16. The van der Waals surface area contributed by atoms with Gasteiger partial charge in [0.05, 0.1) is 11.4 Å². The van der Waals surface area contributed by atoms with Crippen molar-refractivity contribution in [1.82, 2.24) is 9.78 Å². The summed E-state index contributed by atoms with van der Waals surface area (Å²) in [5.74, 6) is 0. The largest absolute Gasteiger partial charge is 0.386 e. The molecule has 0 aliphatic heterocycles. The first-order valence-electron chi connectivity index (χ1n) is 5.54. The minimum atomic E-state index is -0.497. The third-order valence-electron chi connectivity index (χ3n) is 2.74. The van der Waals surface area contributed by atoms with E-state index in [-0.39, 0.29) is 0 Å². The maximum Gasteiger partial charge on any atom is 0.100 e. The molecule has 17 heavy (non-hydrogen) atoms. The number of aryl methyl sites for hydroxylation is 2. The Balaban J connectivity index is 2.17. The Hall–Kier alpha value is -0.650. The van der Waals surface area contributed by atoms with Gasteiger partial charge in [-0.15, -0.1) is 11.3 Å². The summed E-state index contributed by atoms with van der Waals surface area (Å²) >= 11 is 5.14. The van der Waals surface area contributed by atoms with Crippen molar-refractivity contribution >= 4 is 27.3 Å². The van der Waals surface area contributed by atoms with Gasteiger partial charge < -0.3 is 5.11 Å². The average molecular weight is 315 g/mol. The number of nitrogens with zero attached hydrogens (tertiary/aromatic N) is 2. The zero-order chi connectivity index (χ0) is 12.4. The second-order valence-corrected chi connectivity index (χ2v) is 5.80. The molecule has 0 aliphatic carbocycles. The van der Waals surface area contributed by atoms with Gasteiger partial charge in [0.2, 0.25) is 0 Å². The van der Waals surface area contributed by atoms with Crippen LogP contribution in [0.3, 0.4) is 0 Å². The molecule has 2 rings (SSSR count). The molecule has 0 saturated carbocycles. The maximum absolute atomic E-state index is 10.2. The highest BCUT2D eigenvalue weighted by Crippen LogP contribution is 2.28. The molecule has 0 bridgehead atoms. The van der Waals surface area contributed by atoms with Crippen LogP contribution in [-0.4, -0.2) is 14.9 Å². The van der Waals surface area contributed by atoms with E-state index < -0.39 is 6.10 Å². The zero-order valence-corrected chi connectivity index (χ0v) is 12.3. The summed E-state index contributed by atoms with van der Waals surface area (Å²) in [6.07, 6.45) is 1.02. The third-order valence-corrected chi connectivity index (χ3v) is 4.69. The fourth-order valence-corrected chi connectivity index (χ4v) is 3.33. The van der Waals surface area contributed by atoms with E-state index in [1.165, 1.54) is 0 Å². The van der Waals surface area contributed by atoms with Crippen molar-refractivity contribution in [2.45, 2.75) is 25.9 Å². The van der Waals surface area contributed by atoms with Gasteiger partial charge in [0.1, 0.15) is 6.10 Å². The standard InChI is InChI=1S/C12H15BrN2OS/c1-3-8-6-10(15(2)14-8)11(16)7-12-9(13)4-5-17-12/h4-6,11,16H,3,7H2,1-2H3. The van der Waals surface area contributed by atoms with Crippen molar-refractivity contribution in [1.29, 1.82) is 0 Å². The molecule has 2 heterocycles. The molecule has 0 saturated heterocycles. The van der Waals surface area contributed by atoms with E-state index in [1.54, 1.807) is 16.0 Å². The highest BCUT2D eigenvalue weighted by molar-refractivity contribution is 9.10. The molecule has 0 aromatic carbocycles. The molecule has 2 aromatic rings. The molecule has 1 atom stereocenters. The van der Waals surface area contributed by atoms with Gasteiger partial charge in [-0.3, -0.25) is 4.68 Å². The van der Waals surface area contributed by atoms with E-state index in [4.69, 9.17) is 0 Å². The molecular formula is C12H15BrN2OS. The second-order valence-electron chi connectivity index (χ2n) is 3.95. The monoisotopic (exact) mass is 314 g/mol. The first kappa shape index (κ1) is 12.8. The smallest absolute Gasteiger partial charge is 0.100 e. The Labute approximate surface area is 113 Å². The fourth-order valence-electron chi connectivity index (χ4n) is 1.78. The zero-order valence-electron chi connectivity index (χ0n) is 9.85. The van der Waals surface area contributed by atoms with Crippen molar-refractivity contribution in [3.05, 3.63) is 38.3 Å². The van der Waals surface area contributed by atoms with E-state index in [2.05, 4.69) is 28.0 Å². The van der Waals surface area contributed by atoms with E-state index in [0.29, 0.717) is 6.42 Å². The molecule has 1 unspecified atom stereocenters. The Bertz CT molecular complexity index is 506. The Morgan fingerprint density at radius 3 is 2.88 bits per heavy atom. The number of halogens is 1. The van der Waals surface area contributed by atoms with Gasteiger partial charge in [-0.05, 0) is 39.9 Å². The van der Waals surface area contributed by atoms with Crippen LogP contribution in [0.5, 0.6) is 0 Å². The number of aliphatic hydroxyl groups is 1. The normalized spacial score (nSPS) is 12.9. The van der Waals surface area contributed by atoms with Crippen molar-refractivity contribution in [3.63, 3.8) is 0 Å². The average Bonchev–Trinajstić information content (AvgIpc) is 2.86. The summed E-state index contributed by atoms with van der Waals surface area (Å²) in [5, 5.41) is 16.6. The summed E-state index contributed by atoms with van der Waals surface area (Å²) in [6.45, 7) is 2.06. The summed E-state index contributed by atoms with van der Waals surface area (Å²) in [7, 11) is 1.88. The van der Waals surface area contributed by atoms with Crippen LogP contribution in [0.15, 0.2) is 22.0 Å². The summed E-state index contributed by atoms with van der Waals surface area (Å²) in [5.41, 5.74) is 1.90. The maximum atomic E-state index is 10.2. The number of aliphatic hydroxyl groups excluding tert-OH is 1. The lowest BCUT2D eigenvalue weighted by Gasteiger charge is -2.09. The lowest BCUT2D eigenvalue weighted by molar-refractivity contribution is 0.169. The highest BCUT2D eigenvalue weighted by atomic mass is 79.9. The van der Waals surface area contributed by atoms with Crippen LogP contribution in [0.25, 0.3) is 0 Å². The molecular weight excluding hydrogens is 300 g/mol. The van der Waals surface area contributed by atoms with Crippen LogP contribution in [0.4, 0.5) is 0 Å². The Morgan fingerprint density at radius 1 is 1.59 bits per heavy atom. The SMILES string of the molecule is CCc1cc(C(O)Cc2sccc2Br)n(C)n1. The first-order chi connectivity index (χ1) is 8.11. The van der Waals surface area contributed by atoms with Gasteiger partial charge in [0.15, 0.2) is 0 Å². The lowest BCUT2D eigenvalue weighted by atomic mass is 10.1. The molecule has 1 N–H and O–H groups in total. The van der Waals surface area contributed by atoms with Gasteiger partial charge in [0.25, 0.3) is 0 Å². The van der Waals surface area contributed by atoms with Gasteiger partial charge >= 0.3 is 0 Å². The molecule has 0 fully saturated rings. The Morgan fingerprint density at radius 2 is 2.35 bits per heavy atom. The minimum Gasteiger partial charge on any atom is -0.386 e. The van der Waals surface area contributed by atoms with Crippen molar-refractivity contribution < 1.29 is 5.11 Å². The summed E-state index contributed by atoms with van der Waals surface area (Å²) in [4.78, 5) is 1.16. The number of hydrogen-bond donors (Lipinski definition) is 1. The van der Waals surface area contributed by atoms with Crippen molar-refractivity contribution in [3.8, 4) is 0 Å². The topological polar surface area (TPSA) is 38.0 Å². The number of thiophene rings is 1. The predicted octanol–water partition coefficient (Wildman–Crippen LogP) is 3.08. The quantitative estimate of drug-likeness (QED) is 0.941. The summed E-state index contributed by atoms with van der Waals surface area (Å²) in [6, 6.07) is 3.99. The molecule has 5 heteroatoms. The van der Waals surface area contributed by atoms with Crippen LogP contribution in [0.2, 0.25) is 0 Å². The molecule has 0 aliphatic rings. The third kappa shape index (κ3) is 2.78. The Kier molecular flexibility index (Phi) is 4.01. The molecule has 0 radical (unpaired) electrons. The number of rotatable bonds is 4. The van der Waals surface area contributed by atoms with Crippen LogP contribution in [-0.2, 0) is 19.9 Å². The predicted molar refractivity (Wildman–Crippen MR) is 73.3 cm³/mol. The van der Waals surface area contributed by atoms with E-state index in [9.17, 15) is 5.11 Å². The van der Waals surface area contributed by atoms with Crippen molar-refractivity contribution in [2.24, 2.45) is 7.05 Å². The molecule has 92 valence electrons. The van der Waals surface area contributed by atoms with Crippen LogP contribution < -0.4 is 0 Å². The van der Waals surface area contributed by atoms with Gasteiger partial charge in [-0.1, -0.05) is 6.92 Å². The molecule has 0 amide bonds. The second kappa shape index (κ2) is 5.33. The first-order valence-corrected chi connectivity index (χ1v) is 7.21. The number of aromatic nitrogens is 2. The lowest BCUT2D eigenvalue weighted by Crippen LogP contribution is -2.07. The molecule has 3 nitrogen and oxygen atoms in total. The van der Waals surface area contributed by atoms with E-state index in [0.717, 1.165) is 27.2 Å². The minimum absolute atomic E-state index is 0.497. The number of hydrogen-bond acceptors (Lipinski definition) is 3. The van der Waals surface area contributed by atoms with Gasteiger partial charge in [-0.2, -0.15) is 5.10 Å². The van der Waals surface area contributed by atoms with Crippen LogP contribution in [0, 0.1) is 0 Å². The van der Waals surface area contributed by atoms with E-state index in [1.807, 2.05) is 24.6 Å². The van der Waals surface area contributed by atoms with Gasteiger partial charge in [-0.25, -0.2) is 0 Å². The van der Waals surface area contributed by atoms with E-state index >= 15 is 0 Å².